The molecule has 0 unspecified atom stereocenters. The van der Waals surface area contributed by atoms with E-state index < -0.39 is 5.92 Å². The van der Waals surface area contributed by atoms with Gasteiger partial charge in [-0.1, -0.05) is 74.5 Å². The van der Waals surface area contributed by atoms with Crippen molar-refractivity contribution < 1.29 is 14.4 Å². The van der Waals surface area contributed by atoms with Crippen LogP contribution in [0.2, 0.25) is 0 Å². The van der Waals surface area contributed by atoms with Gasteiger partial charge >= 0.3 is 0 Å². The minimum Gasteiger partial charge on any atom is -0.325 e. The van der Waals surface area contributed by atoms with Crippen molar-refractivity contribution in [2.24, 2.45) is 5.92 Å². The van der Waals surface area contributed by atoms with Gasteiger partial charge in [0.1, 0.15) is 0 Å². The standard InChI is InChI=1S/C26H24N2O3/c1-17(2)16-28-25(30)21-14-13-20(15-22(21)26(28)31)27-24(29)23(18-9-5-3-6-10-18)19-11-7-4-8-12-19/h3-15,17,23H,16H2,1-2H3,(H,27,29). The van der Waals surface area contributed by atoms with Gasteiger partial charge in [0.2, 0.25) is 5.91 Å². The van der Waals surface area contributed by atoms with E-state index in [0.29, 0.717) is 23.4 Å². The largest absolute Gasteiger partial charge is 0.325 e. The van der Waals surface area contributed by atoms with Crippen molar-refractivity contribution in [1.29, 1.82) is 0 Å². The summed E-state index contributed by atoms with van der Waals surface area (Å²) < 4.78 is 0. The Morgan fingerprint density at radius 1 is 0.806 bits per heavy atom. The lowest BCUT2D eigenvalue weighted by Gasteiger charge is -2.18. The molecule has 31 heavy (non-hydrogen) atoms. The minimum atomic E-state index is -0.495. The number of carbonyl (C=O) groups is 3. The molecule has 0 aliphatic carbocycles. The molecule has 0 fully saturated rings. The van der Waals surface area contributed by atoms with Crippen molar-refractivity contribution in [3.63, 3.8) is 0 Å². The molecule has 0 atom stereocenters. The van der Waals surface area contributed by atoms with Crippen LogP contribution in [0.5, 0.6) is 0 Å². The molecule has 156 valence electrons. The summed E-state index contributed by atoms with van der Waals surface area (Å²) in [6.07, 6.45) is 0. The zero-order valence-electron chi connectivity index (χ0n) is 17.5. The number of benzene rings is 3. The van der Waals surface area contributed by atoms with Gasteiger partial charge in [0.25, 0.3) is 11.8 Å². The number of nitrogens with zero attached hydrogens (tertiary/aromatic N) is 1. The highest BCUT2D eigenvalue weighted by Crippen LogP contribution is 2.29. The van der Waals surface area contributed by atoms with Gasteiger partial charge in [0.05, 0.1) is 17.0 Å². The van der Waals surface area contributed by atoms with Gasteiger partial charge in [-0.15, -0.1) is 0 Å². The average molecular weight is 412 g/mol. The Labute approximate surface area is 181 Å². The van der Waals surface area contributed by atoms with E-state index in [1.165, 1.54) is 4.90 Å². The molecule has 0 spiro atoms. The molecule has 3 aromatic carbocycles. The number of hydrogen-bond donors (Lipinski definition) is 1. The van der Waals surface area contributed by atoms with E-state index in [0.717, 1.165) is 11.1 Å². The average Bonchev–Trinajstić information content (AvgIpc) is 2.99. The molecule has 0 bridgehead atoms. The van der Waals surface area contributed by atoms with Crippen LogP contribution in [0.15, 0.2) is 78.9 Å². The fourth-order valence-electron chi connectivity index (χ4n) is 3.90. The van der Waals surface area contributed by atoms with Gasteiger partial charge < -0.3 is 5.32 Å². The van der Waals surface area contributed by atoms with Crippen LogP contribution in [0.4, 0.5) is 5.69 Å². The molecule has 3 amide bonds. The molecule has 1 aliphatic rings. The third kappa shape index (κ3) is 4.12. The third-order valence-electron chi connectivity index (χ3n) is 5.31. The van der Waals surface area contributed by atoms with Crippen LogP contribution in [-0.4, -0.2) is 29.2 Å². The molecule has 1 N–H and O–H groups in total. The zero-order chi connectivity index (χ0) is 22.0. The quantitative estimate of drug-likeness (QED) is 0.597. The number of anilines is 1. The van der Waals surface area contributed by atoms with Crippen molar-refractivity contribution in [2.45, 2.75) is 19.8 Å². The lowest BCUT2D eigenvalue weighted by molar-refractivity contribution is -0.116. The Morgan fingerprint density at radius 2 is 1.35 bits per heavy atom. The summed E-state index contributed by atoms with van der Waals surface area (Å²) >= 11 is 0. The molecule has 1 aliphatic heterocycles. The monoisotopic (exact) mass is 412 g/mol. The summed E-state index contributed by atoms with van der Waals surface area (Å²) in [4.78, 5) is 39.9. The maximum absolute atomic E-state index is 13.3. The molecule has 5 heteroatoms. The van der Waals surface area contributed by atoms with Gasteiger partial charge in [-0.3, -0.25) is 19.3 Å². The van der Waals surface area contributed by atoms with Crippen molar-refractivity contribution in [2.75, 3.05) is 11.9 Å². The summed E-state index contributed by atoms with van der Waals surface area (Å²) in [6.45, 7) is 4.29. The first kappa shape index (κ1) is 20.5. The smallest absolute Gasteiger partial charge is 0.261 e. The summed E-state index contributed by atoms with van der Waals surface area (Å²) in [5.41, 5.74) is 2.96. The van der Waals surface area contributed by atoms with Crippen LogP contribution in [0.3, 0.4) is 0 Å². The molecule has 0 saturated heterocycles. The highest BCUT2D eigenvalue weighted by molar-refractivity contribution is 6.22. The first-order valence-electron chi connectivity index (χ1n) is 10.4. The maximum Gasteiger partial charge on any atom is 0.261 e. The molecule has 5 nitrogen and oxygen atoms in total. The van der Waals surface area contributed by atoms with E-state index in [9.17, 15) is 14.4 Å². The number of fused-ring (bicyclic) bond motifs is 1. The SMILES string of the molecule is CC(C)CN1C(=O)c2ccc(NC(=O)C(c3ccccc3)c3ccccc3)cc2C1=O. The highest BCUT2D eigenvalue weighted by atomic mass is 16.2. The van der Waals surface area contributed by atoms with Crippen LogP contribution < -0.4 is 5.32 Å². The molecule has 0 aromatic heterocycles. The minimum absolute atomic E-state index is 0.180. The second-order valence-corrected chi connectivity index (χ2v) is 8.12. The lowest BCUT2D eigenvalue weighted by Crippen LogP contribution is -2.33. The summed E-state index contributed by atoms with van der Waals surface area (Å²) in [5.74, 6) is -1.11. The molecular weight excluding hydrogens is 388 g/mol. The molecule has 0 saturated carbocycles. The van der Waals surface area contributed by atoms with Crippen LogP contribution >= 0.6 is 0 Å². The Morgan fingerprint density at radius 3 is 1.90 bits per heavy atom. The van der Waals surface area contributed by atoms with Crippen LogP contribution in [0.1, 0.15) is 51.6 Å². The van der Waals surface area contributed by atoms with Crippen LogP contribution in [0.25, 0.3) is 0 Å². The predicted octanol–water partition coefficient (Wildman–Crippen LogP) is 4.71. The maximum atomic E-state index is 13.3. The number of hydrogen-bond acceptors (Lipinski definition) is 3. The van der Waals surface area contributed by atoms with E-state index in [4.69, 9.17) is 0 Å². The van der Waals surface area contributed by atoms with Gasteiger partial charge in [-0.25, -0.2) is 0 Å². The van der Waals surface area contributed by atoms with Gasteiger partial charge in [0.15, 0.2) is 0 Å². The fourth-order valence-corrected chi connectivity index (χ4v) is 3.90. The van der Waals surface area contributed by atoms with E-state index in [-0.39, 0.29) is 23.6 Å². The highest BCUT2D eigenvalue weighted by Gasteiger charge is 2.36. The summed E-state index contributed by atoms with van der Waals surface area (Å²) in [5, 5.41) is 2.94. The van der Waals surface area contributed by atoms with Crippen molar-refractivity contribution in [1.82, 2.24) is 4.90 Å². The predicted molar refractivity (Wildman–Crippen MR) is 120 cm³/mol. The second-order valence-electron chi connectivity index (χ2n) is 8.12. The Balaban J connectivity index is 1.62. The summed E-state index contributed by atoms with van der Waals surface area (Å²) in [7, 11) is 0. The van der Waals surface area contributed by atoms with Crippen molar-refractivity contribution >= 4 is 23.4 Å². The molecule has 4 rings (SSSR count). The summed E-state index contributed by atoms with van der Waals surface area (Å²) in [6, 6.07) is 24.0. The van der Waals surface area contributed by atoms with E-state index in [1.807, 2.05) is 74.5 Å². The number of rotatable bonds is 6. The van der Waals surface area contributed by atoms with Crippen molar-refractivity contribution in [3.8, 4) is 0 Å². The van der Waals surface area contributed by atoms with Crippen LogP contribution in [0, 0.1) is 5.92 Å². The van der Waals surface area contributed by atoms with E-state index >= 15 is 0 Å². The second kappa shape index (κ2) is 8.56. The Bertz CT molecular complexity index is 1080. The number of amides is 3. The molecular formula is C26H24N2O3. The number of nitrogens with one attached hydrogen (secondary N) is 1. The first-order chi connectivity index (χ1) is 15.0. The lowest BCUT2D eigenvalue weighted by atomic mass is 9.90. The van der Waals surface area contributed by atoms with E-state index in [2.05, 4.69) is 5.32 Å². The third-order valence-corrected chi connectivity index (χ3v) is 5.31. The molecule has 1 heterocycles. The van der Waals surface area contributed by atoms with E-state index in [1.54, 1.807) is 18.2 Å². The molecule has 3 aromatic rings. The number of imide groups is 1. The van der Waals surface area contributed by atoms with Crippen molar-refractivity contribution in [3.05, 3.63) is 101 Å². The Kier molecular flexibility index (Phi) is 5.67. The van der Waals surface area contributed by atoms with Gasteiger partial charge in [-0.2, -0.15) is 0 Å². The zero-order valence-corrected chi connectivity index (χ0v) is 17.5. The fraction of sp³-hybridized carbons (Fsp3) is 0.192. The topological polar surface area (TPSA) is 66.5 Å². The number of carbonyl (C=O) groups excluding carboxylic acids is 3. The first-order valence-corrected chi connectivity index (χ1v) is 10.4. The Hall–Kier alpha value is -3.73. The van der Waals surface area contributed by atoms with Crippen LogP contribution in [-0.2, 0) is 4.79 Å². The van der Waals surface area contributed by atoms with Gasteiger partial charge in [0, 0.05) is 12.2 Å². The van der Waals surface area contributed by atoms with Gasteiger partial charge in [-0.05, 0) is 35.2 Å². The molecule has 0 radical (unpaired) electrons. The normalized spacial score (nSPS) is 13.1.